The number of hydrogen-bond acceptors (Lipinski definition) is 3. The van der Waals surface area contributed by atoms with E-state index >= 15 is 0 Å². The summed E-state index contributed by atoms with van der Waals surface area (Å²) < 4.78 is 10.8. The van der Waals surface area contributed by atoms with Crippen LogP contribution < -0.4 is 4.74 Å². The van der Waals surface area contributed by atoms with Crippen LogP contribution in [0.3, 0.4) is 0 Å². The smallest absolute Gasteiger partial charge is 0.134 e. The lowest BCUT2D eigenvalue weighted by atomic mass is 10.1. The predicted octanol–water partition coefficient (Wildman–Crippen LogP) is 3.72. The molecule has 20 heavy (non-hydrogen) atoms. The summed E-state index contributed by atoms with van der Waals surface area (Å²) in [5, 5.41) is 11.3. The molecule has 0 bridgehead atoms. The van der Waals surface area contributed by atoms with Crippen molar-refractivity contribution in [2.75, 3.05) is 7.11 Å². The average molecular weight is 268 g/mol. The van der Waals surface area contributed by atoms with Crippen molar-refractivity contribution in [1.82, 2.24) is 0 Å². The first-order valence-corrected chi connectivity index (χ1v) is 6.56. The molecule has 1 heterocycles. The zero-order valence-corrected chi connectivity index (χ0v) is 11.2. The molecule has 0 aliphatic carbocycles. The molecular formula is C17H16O3. The predicted molar refractivity (Wildman–Crippen MR) is 77.9 cm³/mol. The Morgan fingerprint density at radius 3 is 2.55 bits per heavy atom. The summed E-state index contributed by atoms with van der Waals surface area (Å²) in [5.41, 5.74) is 1.84. The van der Waals surface area contributed by atoms with Crippen LogP contribution in [0.1, 0.15) is 17.4 Å². The molecule has 1 N–H and O–H groups in total. The van der Waals surface area contributed by atoms with Gasteiger partial charge in [0.25, 0.3) is 0 Å². The summed E-state index contributed by atoms with van der Waals surface area (Å²) in [5.74, 6) is 1.41. The number of hydrogen-bond donors (Lipinski definition) is 1. The van der Waals surface area contributed by atoms with Gasteiger partial charge in [-0.15, -0.1) is 0 Å². The molecule has 0 spiro atoms. The van der Waals surface area contributed by atoms with Gasteiger partial charge >= 0.3 is 0 Å². The maximum atomic E-state index is 10.3. The molecular weight excluding hydrogens is 252 g/mol. The van der Waals surface area contributed by atoms with Crippen LogP contribution in [0.2, 0.25) is 0 Å². The molecule has 0 aliphatic heterocycles. The zero-order chi connectivity index (χ0) is 13.9. The summed E-state index contributed by atoms with van der Waals surface area (Å²) >= 11 is 0. The highest BCUT2D eigenvalue weighted by Gasteiger charge is 2.14. The van der Waals surface area contributed by atoms with Crippen molar-refractivity contribution in [3.05, 3.63) is 65.9 Å². The molecule has 1 aromatic heterocycles. The van der Waals surface area contributed by atoms with Gasteiger partial charge in [0.1, 0.15) is 23.2 Å². The molecule has 0 saturated carbocycles. The fourth-order valence-corrected chi connectivity index (χ4v) is 2.25. The second-order valence-electron chi connectivity index (χ2n) is 4.75. The standard InChI is InChI=1S/C17H16O3/c1-19-14-8-6-12(7-9-14)10-15(18)17-11-13-4-2-3-5-16(13)20-17/h2-9,11,15,18H,10H2,1H3. The third-order valence-electron chi connectivity index (χ3n) is 3.36. The first kappa shape index (κ1) is 12.8. The minimum atomic E-state index is -0.643. The van der Waals surface area contributed by atoms with Gasteiger partial charge in [-0.25, -0.2) is 0 Å². The Morgan fingerprint density at radius 1 is 1.10 bits per heavy atom. The number of aliphatic hydroxyl groups excluding tert-OH is 1. The van der Waals surface area contributed by atoms with Gasteiger partial charge < -0.3 is 14.3 Å². The molecule has 3 aromatic rings. The molecule has 0 radical (unpaired) electrons. The van der Waals surface area contributed by atoms with Crippen molar-refractivity contribution in [3.63, 3.8) is 0 Å². The van der Waals surface area contributed by atoms with Gasteiger partial charge in [0, 0.05) is 11.8 Å². The van der Waals surface area contributed by atoms with Gasteiger partial charge in [-0.1, -0.05) is 30.3 Å². The maximum absolute atomic E-state index is 10.3. The van der Waals surface area contributed by atoms with Gasteiger partial charge in [0.05, 0.1) is 7.11 Å². The van der Waals surface area contributed by atoms with E-state index in [4.69, 9.17) is 9.15 Å². The fraction of sp³-hybridized carbons (Fsp3) is 0.176. The first-order valence-electron chi connectivity index (χ1n) is 6.56. The monoisotopic (exact) mass is 268 g/mol. The van der Waals surface area contributed by atoms with Crippen LogP contribution >= 0.6 is 0 Å². The molecule has 3 rings (SSSR count). The number of para-hydroxylation sites is 1. The summed E-state index contributed by atoms with van der Waals surface area (Å²) in [7, 11) is 1.64. The maximum Gasteiger partial charge on any atom is 0.134 e. The SMILES string of the molecule is COc1ccc(CC(O)c2cc3ccccc3o2)cc1. The van der Waals surface area contributed by atoms with E-state index < -0.39 is 6.10 Å². The Balaban J connectivity index is 1.79. The van der Waals surface area contributed by atoms with Crippen LogP contribution in [0.5, 0.6) is 5.75 Å². The number of aliphatic hydroxyl groups is 1. The van der Waals surface area contributed by atoms with Crippen LogP contribution in [-0.4, -0.2) is 12.2 Å². The lowest BCUT2D eigenvalue weighted by molar-refractivity contribution is 0.152. The number of fused-ring (bicyclic) bond motifs is 1. The van der Waals surface area contributed by atoms with Crippen molar-refractivity contribution < 1.29 is 14.3 Å². The molecule has 3 heteroatoms. The zero-order valence-electron chi connectivity index (χ0n) is 11.2. The second kappa shape index (κ2) is 5.39. The Kier molecular flexibility index (Phi) is 3.44. The van der Waals surface area contributed by atoms with Crippen LogP contribution in [0.25, 0.3) is 11.0 Å². The molecule has 0 amide bonds. The lowest BCUT2D eigenvalue weighted by Gasteiger charge is -2.08. The van der Waals surface area contributed by atoms with E-state index in [1.807, 2.05) is 54.6 Å². The van der Waals surface area contributed by atoms with Gasteiger partial charge in [-0.2, -0.15) is 0 Å². The molecule has 1 atom stereocenters. The van der Waals surface area contributed by atoms with Crippen LogP contribution in [-0.2, 0) is 6.42 Å². The minimum absolute atomic E-state index is 0.518. The molecule has 0 fully saturated rings. The van der Waals surface area contributed by atoms with Crippen LogP contribution in [0.4, 0.5) is 0 Å². The largest absolute Gasteiger partial charge is 0.497 e. The van der Waals surface area contributed by atoms with E-state index in [2.05, 4.69) is 0 Å². The normalized spacial score (nSPS) is 12.5. The molecule has 1 unspecified atom stereocenters. The summed E-state index contributed by atoms with van der Waals surface area (Å²) in [6.07, 6.45) is -0.125. The molecule has 102 valence electrons. The first-order chi connectivity index (χ1) is 9.76. The molecule has 3 nitrogen and oxygen atoms in total. The number of rotatable bonds is 4. The second-order valence-corrected chi connectivity index (χ2v) is 4.75. The Bertz CT molecular complexity index is 665. The third kappa shape index (κ3) is 2.53. The summed E-state index contributed by atoms with van der Waals surface area (Å²) in [6, 6.07) is 17.3. The molecule has 0 saturated heterocycles. The van der Waals surface area contributed by atoms with Crippen LogP contribution in [0.15, 0.2) is 59.0 Å². The quantitative estimate of drug-likeness (QED) is 0.784. The lowest BCUT2D eigenvalue weighted by Crippen LogP contribution is -2.00. The van der Waals surface area contributed by atoms with Crippen molar-refractivity contribution in [1.29, 1.82) is 0 Å². The number of furan rings is 1. The molecule has 0 aliphatic rings. The van der Waals surface area contributed by atoms with Crippen molar-refractivity contribution in [3.8, 4) is 5.75 Å². The molecule has 2 aromatic carbocycles. The highest BCUT2D eigenvalue weighted by Crippen LogP contribution is 2.26. The third-order valence-corrected chi connectivity index (χ3v) is 3.36. The van der Waals surface area contributed by atoms with Crippen molar-refractivity contribution in [2.24, 2.45) is 0 Å². The number of ether oxygens (including phenoxy) is 1. The van der Waals surface area contributed by atoms with E-state index in [9.17, 15) is 5.11 Å². The van der Waals surface area contributed by atoms with E-state index in [1.165, 1.54) is 0 Å². The topological polar surface area (TPSA) is 42.6 Å². The summed E-state index contributed by atoms with van der Waals surface area (Å²) in [6.45, 7) is 0. The Hall–Kier alpha value is -2.26. The van der Waals surface area contributed by atoms with Crippen molar-refractivity contribution >= 4 is 11.0 Å². The Labute approximate surface area is 117 Å². The van der Waals surface area contributed by atoms with Crippen LogP contribution in [0, 0.1) is 0 Å². The number of benzene rings is 2. The van der Waals surface area contributed by atoms with Gasteiger partial charge in [-0.3, -0.25) is 0 Å². The van der Waals surface area contributed by atoms with E-state index in [0.717, 1.165) is 22.3 Å². The minimum Gasteiger partial charge on any atom is -0.497 e. The number of methoxy groups -OCH3 is 1. The summed E-state index contributed by atoms with van der Waals surface area (Å²) in [4.78, 5) is 0. The highest BCUT2D eigenvalue weighted by atomic mass is 16.5. The van der Waals surface area contributed by atoms with Gasteiger partial charge in [-0.05, 0) is 29.8 Å². The van der Waals surface area contributed by atoms with E-state index in [1.54, 1.807) is 7.11 Å². The fourth-order valence-electron chi connectivity index (χ4n) is 2.25. The van der Waals surface area contributed by atoms with Gasteiger partial charge in [0.2, 0.25) is 0 Å². The van der Waals surface area contributed by atoms with Crippen molar-refractivity contribution in [2.45, 2.75) is 12.5 Å². The highest BCUT2D eigenvalue weighted by molar-refractivity contribution is 5.77. The van der Waals surface area contributed by atoms with E-state index in [-0.39, 0.29) is 0 Å². The van der Waals surface area contributed by atoms with Gasteiger partial charge in [0.15, 0.2) is 0 Å². The average Bonchev–Trinajstić information content (AvgIpc) is 2.92. The Morgan fingerprint density at radius 2 is 1.85 bits per heavy atom. The van der Waals surface area contributed by atoms with E-state index in [0.29, 0.717) is 12.2 Å².